The van der Waals surface area contributed by atoms with E-state index in [1.807, 2.05) is 196 Å². The van der Waals surface area contributed by atoms with Crippen LogP contribution in [0.1, 0.15) is 66.5 Å². The Hall–Kier alpha value is -5.24. The topological polar surface area (TPSA) is 151 Å². The molecule has 4 aliphatic heterocycles. The zero-order valence-corrected chi connectivity index (χ0v) is 46.1. The third kappa shape index (κ3) is 15.4. The fourth-order valence-corrected chi connectivity index (χ4v) is 11.6. The average molecular weight is 1100 g/mol. The van der Waals surface area contributed by atoms with Crippen molar-refractivity contribution >= 4 is 0 Å². The molecule has 6 aromatic rings. The van der Waals surface area contributed by atoms with Gasteiger partial charge in [-0.05, 0) is 66.5 Å². The van der Waals surface area contributed by atoms with Crippen molar-refractivity contribution in [3.8, 4) is 0 Å². The molecule has 14 nitrogen and oxygen atoms in total. The molecule has 0 radical (unpaired) electrons. The van der Waals surface area contributed by atoms with Crippen LogP contribution in [0.15, 0.2) is 182 Å². The first-order valence-corrected chi connectivity index (χ1v) is 28.2. The molecule has 426 valence electrons. The molecule has 0 aliphatic carbocycles. The Morgan fingerprint density at radius 1 is 0.388 bits per heavy atom. The van der Waals surface area contributed by atoms with Crippen molar-refractivity contribution < 1.29 is 67.1 Å². The number of fused-ring (bicyclic) bond motifs is 1. The molecule has 4 fully saturated rings. The first-order chi connectivity index (χ1) is 39.2. The van der Waals surface area contributed by atoms with Gasteiger partial charge in [0.25, 0.3) is 0 Å². The molecule has 6 aromatic carbocycles. The quantitative estimate of drug-likeness (QED) is 0.0530. The summed E-state index contributed by atoms with van der Waals surface area (Å²) in [6, 6.07) is 59.7. The van der Waals surface area contributed by atoms with E-state index < -0.39 is 97.3 Å². The van der Waals surface area contributed by atoms with Crippen molar-refractivity contribution in [2.24, 2.45) is 5.92 Å². The van der Waals surface area contributed by atoms with E-state index >= 15 is 0 Å². The van der Waals surface area contributed by atoms with Crippen LogP contribution in [-0.2, 0) is 96.5 Å². The summed E-state index contributed by atoms with van der Waals surface area (Å²) < 4.78 is 80.4. The van der Waals surface area contributed by atoms with Crippen molar-refractivity contribution in [2.45, 2.75) is 164 Å². The second-order valence-corrected chi connectivity index (χ2v) is 21.8. The van der Waals surface area contributed by atoms with Crippen LogP contribution in [0.2, 0.25) is 0 Å². The number of aliphatic hydroxyl groups excluding tert-OH is 2. The van der Waals surface area contributed by atoms with Gasteiger partial charge < -0.3 is 67.1 Å². The number of methoxy groups -OCH3 is 1. The van der Waals surface area contributed by atoms with Gasteiger partial charge in [0, 0.05) is 13.0 Å². The minimum absolute atomic E-state index is 0.161. The molecule has 4 heterocycles. The summed E-state index contributed by atoms with van der Waals surface area (Å²) in [4.78, 5) is 0. The molecule has 15 atom stereocenters. The summed E-state index contributed by atoms with van der Waals surface area (Å²) in [5.41, 5.74) is 5.90. The Labute approximate surface area is 471 Å². The number of hydrogen-bond donors (Lipinski definition) is 2. The fourth-order valence-electron chi connectivity index (χ4n) is 11.6. The standard InChI is InChI=1S/C66H78O14/c1-66(2)79-59-51(36-54-58(68)63(75-42-50-32-20-9-21-33-50)61(73-40-48-28-16-7-17-29-48)56(77-54)44-71-38-46-24-12-5-13-25-46)52(78-65(69-3)64(59)80-66)34-35-53-57(67)62(74-41-49-30-18-8-19-31-49)60(72-39-47-26-14-6-15-27-47)55(76-53)43-70-37-45-22-10-4-11-23-45/h4-33,51-65,67-68H,34-44H2,1-3H3/t51-,52-,53+,54+,55-,56-,57+,58+,59+,60-,61-,62-,63-,64+,65+/m1/s1. The molecule has 2 N–H and O–H groups in total. The van der Waals surface area contributed by atoms with Crippen LogP contribution < -0.4 is 0 Å². The zero-order chi connectivity index (χ0) is 55.1. The number of hydrogen-bond acceptors (Lipinski definition) is 14. The van der Waals surface area contributed by atoms with Gasteiger partial charge >= 0.3 is 0 Å². The molecule has 0 spiro atoms. The summed E-state index contributed by atoms with van der Waals surface area (Å²) in [5.74, 6) is -1.40. The molecule has 4 aliphatic rings. The van der Waals surface area contributed by atoms with Gasteiger partial charge in [0.15, 0.2) is 12.1 Å². The van der Waals surface area contributed by atoms with E-state index in [1.165, 1.54) is 0 Å². The summed E-state index contributed by atoms with van der Waals surface area (Å²) in [7, 11) is 1.60. The molecule has 0 aromatic heterocycles. The van der Waals surface area contributed by atoms with Gasteiger partial charge in [-0.2, -0.15) is 0 Å². The molecular weight excluding hydrogens is 1020 g/mol. The highest BCUT2D eigenvalue weighted by Crippen LogP contribution is 2.45. The van der Waals surface area contributed by atoms with Gasteiger partial charge in [0.2, 0.25) is 0 Å². The van der Waals surface area contributed by atoms with Crippen LogP contribution in [0.3, 0.4) is 0 Å². The second-order valence-electron chi connectivity index (χ2n) is 21.8. The molecule has 10 rings (SSSR count). The minimum Gasteiger partial charge on any atom is -0.388 e. The molecule has 4 saturated heterocycles. The summed E-state index contributed by atoms with van der Waals surface area (Å²) >= 11 is 0. The monoisotopic (exact) mass is 1090 g/mol. The third-order valence-corrected chi connectivity index (χ3v) is 15.6. The maximum Gasteiger partial charge on any atom is 0.186 e. The molecule has 0 amide bonds. The van der Waals surface area contributed by atoms with E-state index in [1.54, 1.807) is 7.11 Å². The van der Waals surface area contributed by atoms with E-state index in [9.17, 15) is 10.2 Å². The lowest BCUT2D eigenvalue weighted by Gasteiger charge is -2.48. The lowest BCUT2D eigenvalue weighted by Crippen LogP contribution is -2.62. The molecule has 0 unspecified atom stereocenters. The summed E-state index contributed by atoms with van der Waals surface area (Å²) in [5, 5.41) is 25.4. The maximum absolute atomic E-state index is 12.8. The highest BCUT2D eigenvalue weighted by molar-refractivity contribution is 5.18. The van der Waals surface area contributed by atoms with Crippen molar-refractivity contribution in [3.63, 3.8) is 0 Å². The number of benzene rings is 6. The van der Waals surface area contributed by atoms with Crippen molar-refractivity contribution in [3.05, 3.63) is 215 Å². The lowest BCUT2D eigenvalue weighted by atomic mass is 9.79. The predicted molar refractivity (Wildman–Crippen MR) is 298 cm³/mol. The van der Waals surface area contributed by atoms with Crippen molar-refractivity contribution in [1.29, 1.82) is 0 Å². The third-order valence-electron chi connectivity index (χ3n) is 15.6. The fraction of sp³-hybridized carbons (Fsp3) is 0.455. The second kappa shape index (κ2) is 28.6. The van der Waals surface area contributed by atoms with Crippen LogP contribution in [0, 0.1) is 5.92 Å². The van der Waals surface area contributed by atoms with Gasteiger partial charge in [0.1, 0.15) is 54.9 Å². The van der Waals surface area contributed by atoms with E-state index in [0.717, 1.165) is 33.4 Å². The molecular formula is C66H78O14. The van der Waals surface area contributed by atoms with E-state index in [0.29, 0.717) is 26.1 Å². The van der Waals surface area contributed by atoms with Crippen LogP contribution in [0.25, 0.3) is 0 Å². The zero-order valence-electron chi connectivity index (χ0n) is 46.1. The van der Waals surface area contributed by atoms with Crippen LogP contribution >= 0.6 is 0 Å². The first-order valence-electron chi connectivity index (χ1n) is 28.2. The van der Waals surface area contributed by atoms with Crippen LogP contribution in [-0.4, -0.2) is 122 Å². The van der Waals surface area contributed by atoms with Crippen molar-refractivity contribution in [2.75, 3.05) is 20.3 Å². The van der Waals surface area contributed by atoms with Gasteiger partial charge in [-0.15, -0.1) is 0 Å². The predicted octanol–water partition coefficient (Wildman–Crippen LogP) is 9.70. The highest BCUT2D eigenvalue weighted by Gasteiger charge is 2.58. The summed E-state index contributed by atoms with van der Waals surface area (Å²) in [6.45, 7) is 5.83. The Balaban J connectivity index is 0.932. The Bertz CT molecular complexity index is 2690. The van der Waals surface area contributed by atoms with Crippen molar-refractivity contribution in [1.82, 2.24) is 0 Å². The van der Waals surface area contributed by atoms with E-state index in [-0.39, 0.29) is 46.1 Å². The normalized spacial score (nSPS) is 30.2. The summed E-state index contributed by atoms with van der Waals surface area (Å²) in [6.07, 6.45) is -9.62. The number of aliphatic hydroxyl groups is 2. The Kier molecular flexibility index (Phi) is 20.8. The van der Waals surface area contributed by atoms with E-state index in [2.05, 4.69) is 0 Å². The highest BCUT2D eigenvalue weighted by atomic mass is 16.8. The van der Waals surface area contributed by atoms with Gasteiger partial charge in [-0.1, -0.05) is 182 Å². The van der Waals surface area contributed by atoms with E-state index in [4.69, 9.17) is 56.8 Å². The van der Waals surface area contributed by atoms with Gasteiger partial charge in [-0.25, -0.2) is 0 Å². The van der Waals surface area contributed by atoms with Crippen LogP contribution in [0.5, 0.6) is 0 Å². The molecule has 0 saturated carbocycles. The van der Waals surface area contributed by atoms with Crippen LogP contribution in [0.4, 0.5) is 0 Å². The SMILES string of the molecule is CO[C@H]1O[C@H](CC[C@@H]2O[C@H](COCc3ccccc3)[C@@H](OCc3ccccc3)[C@H](OCc3ccccc3)[C@H]2O)[C@@H](C[C@@H]2O[C@H](COCc3ccccc3)[C@@H](OCc3ccccc3)[C@H](OCc3ccccc3)[C@H]2O)[C@@H]2OC(C)(C)O[C@H]12. The maximum atomic E-state index is 12.8. The van der Waals surface area contributed by atoms with Gasteiger partial charge in [0.05, 0.1) is 77.3 Å². The Morgan fingerprint density at radius 2 is 0.725 bits per heavy atom. The average Bonchev–Trinajstić information content (AvgIpc) is 3.96. The lowest BCUT2D eigenvalue weighted by molar-refractivity contribution is -0.284. The minimum atomic E-state index is -1.16. The molecule has 14 heteroatoms. The number of ether oxygens (including phenoxy) is 12. The Morgan fingerprint density at radius 3 is 1.12 bits per heavy atom. The molecule has 80 heavy (non-hydrogen) atoms. The first kappa shape index (κ1) is 58.0. The smallest absolute Gasteiger partial charge is 0.186 e. The number of rotatable bonds is 26. The van der Waals surface area contributed by atoms with Gasteiger partial charge in [-0.3, -0.25) is 0 Å². The molecule has 0 bridgehead atoms. The largest absolute Gasteiger partial charge is 0.388 e.